The van der Waals surface area contributed by atoms with Crippen molar-refractivity contribution in [3.8, 4) is 5.75 Å². The summed E-state index contributed by atoms with van der Waals surface area (Å²) in [6, 6.07) is 11.2. The number of ether oxygens (including phenoxy) is 4. The molecule has 45 heavy (non-hydrogen) atoms. The molecule has 3 aromatic rings. The van der Waals surface area contributed by atoms with Crippen molar-refractivity contribution in [3.05, 3.63) is 54.5 Å². The second kappa shape index (κ2) is 13.3. The summed E-state index contributed by atoms with van der Waals surface area (Å²) in [4.78, 5) is 16.9. The third-order valence-electron chi connectivity index (χ3n) is 8.17. The predicted octanol–water partition coefficient (Wildman–Crippen LogP) is 3.76. The van der Waals surface area contributed by atoms with E-state index in [1.54, 1.807) is 68.7 Å². The van der Waals surface area contributed by atoms with E-state index in [0.717, 1.165) is 12.8 Å². The summed E-state index contributed by atoms with van der Waals surface area (Å²) in [5.74, 6) is -0.693. The molecule has 0 spiro atoms. The molecule has 0 bridgehead atoms. The Hall–Kier alpha value is -3.10. The number of carbonyl (C=O) groups excluding carboxylic acids is 1. The monoisotopic (exact) mass is 646 g/mol. The van der Waals surface area contributed by atoms with Gasteiger partial charge >= 0.3 is 13.7 Å². The molecule has 2 aliphatic heterocycles. The van der Waals surface area contributed by atoms with Gasteiger partial charge in [0.15, 0.2) is 17.3 Å². The number of rotatable bonds is 14. The lowest BCUT2D eigenvalue weighted by Crippen LogP contribution is -2.51. The standard InChI is InChI=1S/C30H43N6O8P/c1-7-20(8-2)16-39-28(37)19(3)35-45(38,44-21-12-10-9-11-13-21)40-17-23-25-26(43-29(4,5)42-25)30(32-6,41-23)24-15-14-22-27(31)33-18-34-36(22)24/h9-15,18-20,23,25-26,32H,7-8,16-17H2,1-6H3,(H,35,38)(H2,31,33,34)/t19-,23+,25+,26+,30-,45-/m0/s1. The zero-order valence-electron chi connectivity index (χ0n) is 26.5. The highest BCUT2D eigenvalue weighted by atomic mass is 31.2. The molecule has 5 rings (SSSR count). The van der Waals surface area contributed by atoms with Crippen molar-refractivity contribution in [1.82, 2.24) is 25.0 Å². The number of hydrogen-bond donors (Lipinski definition) is 3. The maximum absolute atomic E-state index is 14.3. The van der Waals surface area contributed by atoms with Crippen molar-refractivity contribution in [1.29, 1.82) is 0 Å². The van der Waals surface area contributed by atoms with Crippen LogP contribution in [0.4, 0.5) is 5.82 Å². The molecule has 14 nitrogen and oxygen atoms in total. The van der Waals surface area contributed by atoms with Crippen LogP contribution in [0.5, 0.6) is 5.75 Å². The molecule has 4 heterocycles. The van der Waals surface area contributed by atoms with Gasteiger partial charge in [0.1, 0.15) is 41.9 Å². The Morgan fingerprint density at radius 3 is 2.56 bits per heavy atom. The van der Waals surface area contributed by atoms with Crippen LogP contribution >= 0.6 is 7.75 Å². The number of likely N-dealkylation sites (N-methyl/N-ethyl adjacent to an activating group) is 1. The highest BCUT2D eigenvalue weighted by Crippen LogP contribution is 2.50. The van der Waals surface area contributed by atoms with E-state index in [1.807, 2.05) is 19.9 Å². The first-order chi connectivity index (χ1) is 21.4. The lowest BCUT2D eigenvalue weighted by molar-refractivity contribution is -0.222. The average molecular weight is 647 g/mol. The fraction of sp³-hybridized carbons (Fsp3) is 0.567. The Balaban J connectivity index is 1.40. The molecular formula is C30H43N6O8P. The van der Waals surface area contributed by atoms with E-state index in [4.69, 9.17) is 33.7 Å². The number of nitrogens with one attached hydrogen (secondary N) is 2. The van der Waals surface area contributed by atoms with Gasteiger partial charge in [-0.3, -0.25) is 14.6 Å². The van der Waals surface area contributed by atoms with Crippen LogP contribution < -0.4 is 20.7 Å². The molecule has 0 aliphatic carbocycles. The second-order valence-electron chi connectivity index (χ2n) is 11.7. The minimum Gasteiger partial charge on any atom is -0.464 e. The Bertz CT molecular complexity index is 1520. The number of benzene rings is 1. The van der Waals surface area contributed by atoms with Crippen LogP contribution in [0.2, 0.25) is 0 Å². The molecule has 0 radical (unpaired) electrons. The zero-order chi connectivity index (χ0) is 32.4. The van der Waals surface area contributed by atoms with Crippen LogP contribution in [0, 0.1) is 5.92 Å². The quantitative estimate of drug-likeness (QED) is 0.171. The smallest absolute Gasteiger partial charge is 0.459 e. The molecule has 2 aliphatic rings. The number of aromatic nitrogens is 3. The second-order valence-corrected chi connectivity index (χ2v) is 13.4. The molecule has 0 unspecified atom stereocenters. The average Bonchev–Trinajstić information content (AvgIpc) is 3.68. The fourth-order valence-corrected chi connectivity index (χ4v) is 7.17. The maximum atomic E-state index is 14.3. The van der Waals surface area contributed by atoms with Crippen LogP contribution in [-0.4, -0.2) is 71.0 Å². The van der Waals surface area contributed by atoms with Crippen LogP contribution in [0.3, 0.4) is 0 Å². The number of carbonyl (C=O) groups is 1. The predicted molar refractivity (Wildman–Crippen MR) is 165 cm³/mol. The van der Waals surface area contributed by atoms with Crippen LogP contribution in [-0.2, 0) is 38.6 Å². The first-order valence-electron chi connectivity index (χ1n) is 15.2. The molecule has 15 heteroatoms. The number of anilines is 1. The summed E-state index contributed by atoms with van der Waals surface area (Å²) >= 11 is 0. The molecular weight excluding hydrogens is 603 g/mol. The van der Waals surface area contributed by atoms with Crippen molar-refractivity contribution in [2.45, 2.75) is 83.3 Å². The van der Waals surface area contributed by atoms with Gasteiger partial charge in [-0.1, -0.05) is 44.9 Å². The topological polar surface area (TPSA) is 170 Å². The van der Waals surface area contributed by atoms with E-state index in [-0.39, 0.29) is 19.1 Å². The Labute approximate surface area is 262 Å². The van der Waals surface area contributed by atoms with E-state index >= 15 is 0 Å². The number of hydrogen-bond acceptors (Lipinski definition) is 12. The third-order valence-corrected chi connectivity index (χ3v) is 9.81. The van der Waals surface area contributed by atoms with Gasteiger partial charge < -0.3 is 29.2 Å². The molecule has 0 amide bonds. The summed E-state index contributed by atoms with van der Waals surface area (Å²) in [6.45, 7) is 9.28. The van der Waals surface area contributed by atoms with Crippen LogP contribution in [0.25, 0.3) is 5.52 Å². The highest BCUT2D eigenvalue weighted by Gasteiger charge is 2.64. The number of para-hydroxylation sites is 1. The van der Waals surface area contributed by atoms with Crippen LogP contribution in [0.1, 0.15) is 53.2 Å². The van der Waals surface area contributed by atoms with Gasteiger partial charge in [0, 0.05) is 0 Å². The van der Waals surface area contributed by atoms with Gasteiger partial charge in [-0.2, -0.15) is 10.2 Å². The maximum Gasteiger partial charge on any atom is 0.459 e. The fourth-order valence-electron chi connectivity index (χ4n) is 5.67. The van der Waals surface area contributed by atoms with Gasteiger partial charge in [0.25, 0.3) is 0 Å². The van der Waals surface area contributed by atoms with Crippen molar-refractivity contribution < 1.29 is 37.4 Å². The summed E-state index contributed by atoms with van der Waals surface area (Å²) in [5, 5.41) is 10.4. The molecule has 2 saturated heterocycles. The number of nitrogens with two attached hydrogens (primary N) is 1. The summed E-state index contributed by atoms with van der Waals surface area (Å²) in [6.07, 6.45) is 1.01. The highest BCUT2D eigenvalue weighted by molar-refractivity contribution is 7.52. The third kappa shape index (κ3) is 6.87. The summed E-state index contributed by atoms with van der Waals surface area (Å²) in [7, 11) is -2.44. The Morgan fingerprint density at radius 1 is 1.13 bits per heavy atom. The lowest BCUT2D eigenvalue weighted by atomic mass is 10.00. The molecule has 0 saturated carbocycles. The molecule has 6 atom stereocenters. The van der Waals surface area contributed by atoms with Crippen molar-refractivity contribution >= 4 is 25.1 Å². The first-order valence-corrected chi connectivity index (χ1v) is 16.7. The van der Waals surface area contributed by atoms with Crippen molar-refractivity contribution in [3.63, 3.8) is 0 Å². The molecule has 2 aromatic heterocycles. The molecule has 1 aromatic carbocycles. The largest absolute Gasteiger partial charge is 0.464 e. The Kier molecular flexibility index (Phi) is 9.85. The van der Waals surface area contributed by atoms with Crippen LogP contribution in [0.15, 0.2) is 48.8 Å². The normalized spacial score (nSPS) is 26.1. The molecule has 4 N–H and O–H groups in total. The molecule has 2 fully saturated rings. The Morgan fingerprint density at radius 2 is 1.87 bits per heavy atom. The zero-order valence-corrected chi connectivity index (χ0v) is 27.4. The van der Waals surface area contributed by atoms with E-state index < -0.39 is 49.6 Å². The van der Waals surface area contributed by atoms with Crippen molar-refractivity contribution in [2.24, 2.45) is 5.92 Å². The van der Waals surface area contributed by atoms with E-state index in [0.29, 0.717) is 22.8 Å². The van der Waals surface area contributed by atoms with Gasteiger partial charge in [-0.15, -0.1) is 0 Å². The minimum absolute atomic E-state index is 0.239. The van der Waals surface area contributed by atoms with Gasteiger partial charge in [0.2, 0.25) is 0 Å². The minimum atomic E-state index is -4.18. The van der Waals surface area contributed by atoms with E-state index in [2.05, 4.69) is 20.5 Å². The van der Waals surface area contributed by atoms with E-state index in [1.165, 1.54) is 6.33 Å². The number of nitrogen functional groups attached to an aromatic ring is 1. The van der Waals surface area contributed by atoms with Gasteiger partial charge in [-0.25, -0.2) is 14.1 Å². The summed E-state index contributed by atoms with van der Waals surface area (Å²) in [5.41, 5.74) is 6.04. The SMILES string of the molecule is CCC(CC)COC(=O)[C@H](C)N[P@](=O)(OC[C@H]1O[C@@](NC)(c2ccc3c(N)ncnn23)[C@@H]2OC(C)(C)O[C@@H]21)Oc1ccccc1. The van der Waals surface area contributed by atoms with Gasteiger partial charge in [-0.05, 0) is 58.0 Å². The van der Waals surface area contributed by atoms with E-state index in [9.17, 15) is 9.36 Å². The summed E-state index contributed by atoms with van der Waals surface area (Å²) < 4.78 is 52.6. The number of nitrogens with zero attached hydrogens (tertiary/aromatic N) is 3. The molecule has 246 valence electrons. The van der Waals surface area contributed by atoms with Gasteiger partial charge in [0.05, 0.1) is 18.9 Å². The number of esters is 1. The number of fused-ring (bicyclic) bond motifs is 2. The first kappa shape index (κ1) is 33.3. The van der Waals surface area contributed by atoms with Crippen molar-refractivity contribution in [2.75, 3.05) is 26.0 Å². The lowest BCUT2D eigenvalue weighted by Gasteiger charge is -2.34.